The first-order valence-corrected chi connectivity index (χ1v) is 8.25. The van der Waals surface area contributed by atoms with Gasteiger partial charge in [-0.25, -0.2) is 18.2 Å². The fourth-order valence-corrected chi connectivity index (χ4v) is 3.01. The summed E-state index contributed by atoms with van der Waals surface area (Å²) in [6.45, 7) is 0. The Hall–Kier alpha value is -3.81. The van der Waals surface area contributed by atoms with Gasteiger partial charge in [-0.1, -0.05) is 0 Å². The summed E-state index contributed by atoms with van der Waals surface area (Å²) in [7, 11) is 0. The monoisotopic (exact) mass is 381 g/mol. The van der Waals surface area contributed by atoms with E-state index in [1.54, 1.807) is 42.7 Å². The van der Waals surface area contributed by atoms with Crippen LogP contribution in [-0.2, 0) is 0 Å². The Kier molecular flexibility index (Phi) is 4.23. The Balaban J connectivity index is 1.98. The Labute approximate surface area is 157 Å². The quantitative estimate of drug-likeness (QED) is 0.491. The molecule has 8 heteroatoms. The summed E-state index contributed by atoms with van der Waals surface area (Å²) < 4.78 is 42.5. The Morgan fingerprint density at radius 3 is 2.00 bits per heavy atom. The van der Waals surface area contributed by atoms with E-state index in [0.29, 0.717) is 16.8 Å². The Bertz CT molecular complexity index is 1130. The molecular formula is C20H14F3N5. The number of halogens is 3. The molecule has 0 saturated heterocycles. The average Bonchev–Trinajstić information content (AvgIpc) is 3.13. The maximum absolute atomic E-state index is 14.6. The molecule has 0 bridgehead atoms. The van der Waals surface area contributed by atoms with Gasteiger partial charge in [0.1, 0.15) is 5.82 Å². The lowest BCUT2D eigenvalue weighted by atomic mass is 10.0. The highest BCUT2D eigenvalue weighted by molar-refractivity contribution is 5.86. The van der Waals surface area contributed by atoms with E-state index >= 15 is 0 Å². The number of hydrogen-bond acceptors (Lipinski definition) is 4. The molecule has 0 saturated carbocycles. The van der Waals surface area contributed by atoms with Crippen molar-refractivity contribution in [1.82, 2.24) is 15.0 Å². The van der Waals surface area contributed by atoms with Crippen LogP contribution < -0.4 is 11.5 Å². The van der Waals surface area contributed by atoms with Gasteiger partial charge in [-0.3, -0.25) is 4.98 Å². The second-order valence-corrected chi connectivity index (χ2v) is 6.10. The second kappa shape index (κ2) is 6.73. The summed E-state index contributed by atoms with van der Waals surface area (Å²) in [5.74, 6) is -3.43. The molecule has 0 fully saturated rings. The topological polar surface area (TPSA) is 93.6 Å². The predicted octanol–water partition coefficient (Wildman–Crippen LogP) is 4.39. The first kappa shape index (κ1) is 17.6. The van der Waals surface area contributed by atoms with Gasteiger partial charge >= 0.3 is 0 Å². The van der Waals surface area contributed by atoms with E-state index in [2.05, 4.69) is 15.0 Å². The molecule has 4 rings (SSSR count). The van der Waals surface area contributed by atoms with Gasteiger partial charge in [0, 0.05) is 18.0 Å². The first-order valence-electron chi connectivity index (χ1n) is 8.25. The average molecular weight is 381 g/mol. The van der Waals surface area contributed by atoms with Crippen LogP contribution in [0.1, 0.15) is 0 Å². The van der Waals surface area contributed by atoms with E-state index in [1.165, 1.54) is 12.1 Å². The summed E-state index contributed by atoms with van der Waals surface area (Å²) in [5, 5.41) is 0. The zero-order valence-electron chi connectivity index (χ0n) is 14.4. The highest BCUT2D eigenvalue weighted by Crippen LogP contribution is 2.38. The number of aromatic amines is 1. The molecule has 5 nitrogen and oxygen atoms in total. The molecule has 0 atom stereocenters. The van der Waals surface area contributed by atoms with Crippen LogP contribution in [0.15, 0.2) is 54.9 Å². The molecule has 0 radical (unpaired) electrons. The normalized spacial score (nSPS) is 11.0. The summed E-state index contributed by atoms with van der Waals surface area (Å²) >= 11 is 0. The van der Waals surface area contributed by atoms with Gasteiger partial charge in [0.15, 0.2) is 23.3 Å². The van der Waals surface area contributed by atoms with Crippen molar-refractivity contribution in [3.63, 3.8) is 0 Å². The maximum atomic E-state index is 14.6. The number of nitrogens with zero attached hydrogens (tertiary/aromatic N) is 2. The van der Waals surface area contributed by atoms with Crippen molar-refractivity contribution >= 4 is 11.6 Å². The zero-order valence-corrected chi connectivity index (χ0v) is 14.4. The predicted molar refractivity (Wildman–Crippen MR) is 101 cm³/mol. The first-order chi connectivity index (χ1) is 13.5. The van der Waals surface area contributed by atoms with Crippen LogP contribution in [0.3, 0.4) is 0 Å². The van der Waals surface area contributed by atoms with Gasteiger partial charge < -0.3 is 16.5 Å². The smallest absolute Gasteiger partial charge is 0.177 e. The molecule has 3 heterocycles. The fourth-order valence-electron chi connectivity index (χ4n) is 3.01. The van der Waals surface area contributed by atoms with Crippen LogP contribution in [0.4, 0.5) is 24.8 Å². The van der Waals surface area contributed by atoms with Crippen molar-refractivity contribution in [2.75, 3.05) is 11.5 Å². The van der Waals surface area contributed by atoms with E-state index in [-0.39, 0.29) is 5.69 Å². The molecule has 0 aliphatic rings. The molecule has 3 aromatic heterocycles. The van der Waals surface area contributed by atoms with Gasteiger partial charge in [-0.15, -0.1) is 0 Å². The highest BCUT2D eigenvalue weighted by atomic mass is 19.1. The number of H-pyrrole nitrogens is 1. The minimum absolute atomic E-state index is 0.127. The number of nitrogen functional groups attached to an aromatic ring is 2. The standard InChI is InChI=1S/C20H14F3N5/c21-12-3-1-11(2-4-12)18-13(10-5-7-26-8-6-10)9-14(27-18)15-16(22)19(24)28-20(25)17(15)23/h1-9,27H,(H4,24,25,28). The van der Waals surface area contributed by atoms with Crippen LogP contribution in [-0.4, -0.2) is 15.0 Å². The molecule has 5 N–H and O–H groups in total. The number of benzene rings is 1. The lowest BCUT2D eigenvalue weighted by Gasteiger charge is -2.07. The van der Waals surface area contributed by atoms with E-state index < -0.39 is 34.7 Å². The molecule has 0 unspecified atom stereocenters. The fraction of sp³-hybridized carbons (Fsp3) is 0. The molecule has 1 aromatic carbocycles. The number of nitrogens with one attached hydrogen (secondary N) is 1. The van der Waals surface area contributed by atoms with Gasteiger partial charge in [-0.05, 0) is 53.6 Å². The van der Waals surface area contributed by atoms with Crippen LogP contribution in [0.25, 0.3) is 33.6 Å². The maximum Gasteiger partial charge on any atom is 0.177 e. The number of hydrogen-bond donors (Lipinski definition) is 3. The van der Waals surface area contributed by atoms with Crippen molar-refractivity contribution < 1.29 is 13.2 Å². The Morgan fingerprint density at radius 2 is 1.39 bits per heavy atom. The van der Waals surface area contributed by atoms with Crippen molar-refractivity contribution in [3.8, 4) is 33.6 Å². The molecular weight excluding hydrogens is 367 g/mol. The largest absolute Gasteiger partial charge is 0.381 e. The molecule has 0 spiro atoms. The second-order valence-electron chi connectivity index (χ2n) is 6.10. The van der Waals surface area contributed by atoms with Crippen LogP contribution in [0.5, 0.6) is 0 Å². The summed E-state index contributed by atoms with van der Waals surface area (Å²) in [6.07, 6.45) is 3.19. The van der Waals surface area contributed by atoms with E-state index in [1.807, 2.05) is 0 Å². The zero-order chi connectivity index (χ0) is 19.8. The third-order valence-electron chi connectivity index (χ3n) is 4.34. The molecule has 0 amide bonds. The number of nitrogens with two attached hydrogens (primary N) is 2. The molecule has 28 heavy (non-hydrogen) atoms. The van der Waals surface area contributed by atoms with Gasteiger partial charge in [0.25, 0.3) is 0 Å². The van der Waals surface area contributed by atoms with Crippen molar-refractivity contribution in [2.45, 2.75) is 0 Å². The number of anilines is 2. The van der Waals surface area contributed by atoms with Gasteiger partial charge in [-0.2, -0.15) is 0 Å². The van der Waals surface area contributed by atoms with Crippen molar-refractivity contribution in [3.05, 3.63) is 72.3 Å². The highest BCUT2D eigenvalue weighted by Gasteiger charge is 2.22. The summed E-state index contributed by atoms with van der Waals surface area (Å²) in [4.78, 5) is 10.4. The van der Waals surface area contributed by atoms with Gasteiger partial charge in [0.05, 0.1) is 17.0 Å². The van der Waals surface area contributed by atoms with Crippen LogP contribution >= 0.6 is 0 Å². The Morgan fingerprint density at radius 1 is 0.786 bits per heavy atom. The summed E-state index contributed by atoms with van der Waals surface area (Å²) in [6, 6.07) is 10.8. The summed E-state index contributed by atoms with van der Waals surface area (Å²) in [5.41, 5.74) is 13.3. The van der Waals surface area contributed by atoms with E-state index in [4.69, 9.17) is 11.5 Å². The SMILES string of the molecule is Nc1nc(N)c(F)c(-c2cc(-c3ccncc3)c(-c3ccc(F)cc3)[nH]2)c1F. The third kappa shape index (κ3) is 2.94. The van der Waals surface area contributed by atoms with E-state index in [0.717, 1.165) is 5.56 Å². The molecule has 140 valence electrons. The number of pyridine rings is 2. The van der Waals surface area contributed by atoms with E-state index in [9.17, 15) is 13.2 Å². The number of aromatic nitrogens is 3. The lowest BCUT2D eigenvalue weighted by Crippen LogP contribution is -2.06. The third-order valence-corrected chi connectivity index (χ3v) is 4.34. The van der Waals surface area contributed by atoms with Crippen LogP contribution in [0, 0.1) is 17.5 Å². The van der Waals surface area contributed by atoms with Gasteiger partial charge in [0.2, 0.25) is 0 Å². The minimum atomic E-state index is -1.01. The molecule has 0 aliphatic heterocycles. The molecule has 0 aliphatic carbocycles. The van der Waals surface area contributed by atoms with Crippen molar-refractivity contribution in [1.29, 1.82) is 0 Å². The number of rotatable bonds is 3. The minimum Gasteiger partial charge on any atom is -0.381 e. The lowest BCUT2D eigenvalue weighted by molar-refractivity contribution is 0.587. The van der Waals surface area contributed by atoms with Crippen molar-refractivity contribution in [2.24, 2.45) is 0 Å². The van der Waals surface area contributed by atoms with Crippen LogP contribution in [0.2, 0.25) is 0 Å². The molecule has 4 aromatic rings.